The largest absolute Gasteiger partial charge is 0.393 e. The summed E-state index contributed by atoms with van der Waals surface area (Å²) in [6.45, 7) is 0. The van der Waals surface area contributed by atoms with Gasteiger partial charge < -0.3 is 5.11 Å². The van der Waals surface area contributed by atoms with Crippen molar-refractivity contribution in [2.75, 3.05) is 0 Å². The minimum Gasteiger partial charge on any atom is -0.393 e. The highest BCUT2D eigenvalue weighted by molar-refractivity contribution is 5.15. The van der Waals surface area contributed by atoms with E-state index in [0.29, 0.717) is 0 Å². The van der Waals surface area contributed by atoms with Gasteiger partial charge in [-0.2, -0.15) is 0 Å². The quantitative estimate of drug-likeness (QED) is 0.779. The summed E-state index contributed by atoms with van der Waals surface area (Å²) in [6.07, 6.45) is 9.83. The number of hydrogen-bond donors (Lipinski definition) is 1. The van der Waals surface area contributed by atoms with Crippen molar-refractivity contribution in [3.63, 3.8) is 0 Å². The number of rotatable bonds is 4. The first-order valence-corrected chi connectivity index (χ1v) is 7.06. The Morgan fingerprint density at radius 2 is 1.65 bits per heavy atom. The van der Waals surface area contributed by atoms with Crippen molar-refractivity contribution < 1.29 is 5.11 Å². The van der Waals surface area contributed by atoms with Crippen LogP contribution in [0.5, 0.6) is 0 Å². The molecule has 0 aliphatic heterocycles. The van der Waals surface area contributed by atoms with Crippen LogP contribution in [0.3, 0.4) is 0 Å². The molecular formula is C16H24O. The summed E-state index contributed by atoms with van der Waals surface area (Å²) < 4.78 is 0. The van der Waals surface area contributed by atoms with Gasteiger partial charge in [0.05, 0.1) is 6.10 Å². The highest BCUT2D eigenvalue weighted by Gasteiger charge is 2.16. The number of hydrogen-bond acceptors (Lipinski definition) is 1. The normalized spacial score (nSPS) is 19.8. The molecule has 0 radical (unpaired) electrons. The molecule has 1 unspecified atom stereocenters. The van der Waals surface area contributed by atoms with Gasteiger partial charge in [-0.25, -0.2) is 0 Å². The van der Waals surface area contributed by atoms with Crippen LogP contribution in [0.15, 0.2) is 30.3 Å². The predicted molar refractivity (Wildman–Crippen MR) is 72.0 cm³/mol. The first-order valence-electron chi connectivity index (χ1n) is 7.06. The van der Waals surface area contributed by atoms with E-state index >= 15 is 0 Å². The first kappa shape index (κ1) is 12.6. The Balaban J connectivity index is 1.78. The summed E-state index contributed by atoms with van der Waals surface area (Å²) in [5.41, 5.74) is 1.26. The second kappa shape index (κ2) is 6.80. The molecule has 0 amide bonds. The lowest BCUT2D eigenvalue weighted by molar-refractivity contribution is 0.137. The van der Waals surface area contributed by atoms with Crippen molar-refractivity contribution in [1.29, 1.82) is 0 Å². The second-order valence-corrected chi connectivity index (χ2v) is 5.44. The molecule has 0 bridgehead atoms. The molecule has 1 aromatic rings. The van der Waals surface area contributed by atoms with Gasteiger partial charge in [-0.05, 0) is 24.3 Å². The molecule has 1 nitrogen and oxygen atoms in total. The Bertz CT molecular complexity index is 299. The van der Waals surface area contributed by atoms with E-state index in [0.717, 1.165) is 18.8 Å². The summed E-state index contributed by atoms with van der Waals surface area (Å²) in [7, 11) is 0. The van der Waals surface area contributed by atoms with Crippen molar-refractivity contribution in [2.45, 2.75) is 57.5 Å². The summed E-state index contributed by atoms with van der Waals surface area (Å²) in [5, 5.41) is 10.1. The number of aliphatic hydroxyl groups is 1. The topological polar surface area (TPSA) is 20.2 Å². The average Bonchev–Trinajstić information content (AvgIpc) is 2.59. The fourth-order valence-corrected chi connectivity index (χ4v) is 2.95. The van der Waals surface area contributed by atoms with Crippen LogP contribution < -0.4 is 0 Å². The summed E-state index contributed by atoms with van der Waals surface area (Å²) in [5.74, 6) is 0.760. The van der Waals surface area contributed by atoms with Crippen LogP contribution in [0.4, 0.5) is 0 Å². The van der Waals surface area contributed by atoms with E-state index in [1.165, 1.54) is 44.1 Å². The van der Waals surface area contributed by atoms with E-state index in [1.54, 1.807) is 0 Å². The van der Waals surface area contributed by atoms with Crippen LogP contribution in [0.2, 0.25) is 0 Å². The Morgan fingerprint density at radius 3 is 2.29 bits per heavy atom. The lowest BCUT2D eigenvalue weighted by Crippen LogP contribution is -2.16. The zero-order chi connectivity index (χ0) is 11.9. The molecular weight excluding hydrogens is 208 g/mol. The molecule has 1 saturated carbocycles. The van der Waals surface area contributed by atoms with Crippen molar-refractivity contribution in [2.24, 2.45) is 5.92 Å². The van der Waals surface area contributed by atoms with E-state index in [1.807, 2.05) is 18.2 Å². The molecule has 1 fully saturated rings. The Morgan fingerprint density at radius 1 is 1.00 bits per heavy atom. The molecule has 0 spiro atoms. The lowest BCUT2D eigenvalue weighted by atomic mass is 9.91. The maximum absolute atomic E-state index is 10.1. The van der Waals surface area contributed by atoms with Gasteiger partial charge in [0, 0.05) is 0 Å². The highest BCUT2D eigenvalue weighted by Crippen LogP contribution is 2.27. The van der Waals surface area contributed by atoms with Crippen LogP contribution in [0.1, 0.15) is 50.5 Å². The third kappa shape index (κ3) is 4.51. The van der Waals surface area contributed by atoms with E-state index in [2.05, 4.69) is 12.1 Å². The molecule has 0 aromatic heterocycles. The molecule has 1 aliphatic carbocycles. The molecule has 94 valence electrons. The van der Waals surface area contributed by atoms with Crippen LogP contribution in [0, 0.1) is 5.92 Å². The fraction of sp³-hybridized carbons (Fsp3) is 0.625. The SMILES string of the molecule is OC(Cc1ccccc1)CC1CCCCCC1. The smallest absolute Gasteiger partial charge is 0.0583 e. The van der Waals surface area contributed by atoms with Gasteiger partial charge in [-0.1, -0.05) is 68.9 Å². The van der Waals surface area contributed by atoms with Crippen LogP contribution in [-0.2, 0) is 6.42 Å². The van der Waals surface area contributed by atoms with Crippen molar-refractivity contribution >= 4 is 0 Å². The van der Waals surface area contributed by atoms with Gasteiger partial charge >= 0.3 is 0 Å². The van der Waals surface area contributed by atoms with Gasteiger partial charge in [0.2, 0.25) is 0 Å². The van der Waals surface area contributed by atoms with Gasteiger partial charge in [0.15, 0.2) is 0 Å². The van der Waals surface area contributed by atoms with Crippen LogP contribution in [0.25, 0.3) is 0 Å². The molecule has 0 saturated heterocycles. The van der Waals surface area contributed by atoms with Gasteiger partial charge in [0.25, 0.3) is 0 Å². The molecule has 1 atom stereocenters. The fourth-order valence-electron chi connectivity index (χ4n) is 2.95. The molecule has 1 N–H and O–H groups in total. The van der Waals surface area contributed by atoms with Crippen LogP contribution in [-0.4, -0.2) is 11.2 Å². The summed E-state index contributed by atoms with van der Waals surface area (Å²) in [4.78, 5) is 0. The average molecular weight is 232 g/mol. The van der Waals surface area contributed by atoms with E-state index < -0.39 is 0 Å². The Hall–Kier alpha value is -0.820. The first-order chi connectivity index (χ1) is 8.34. The van der Waals surface area contributed by atoms with E-state index in [-0.39, 0.29) is 6.10 Å². The van der Waals surface area contributed by atoms with Gasteiger partial charge in [-0.15, -0.1) is 0 Å². The number of aliphatic hydroxyl groups excluding tert-OH is 1. The van der Waals surface area contributed by atoms with Crippen molar-refractivity contribution in [3.05, 3.63) is 35.9 Å². The minimum atomic E-state index is -0.152. The van der Waals surface area contributed by atoms with Crippen molar-refractivity contribution in [3.8, 4) is 0 Å². The van der Waals surface area contributed by atoms with Gasteiger partial charge in [-0.3, -0.25) is 0 Å². The monoisotopic (exact) mass is 232 g/mol. The highest BCUT2D eigenvalue weighted by atomic mass is 16.3. The standard InChI is InChI=1S/C16H24O/c17-16(13-15-10-6-3-7-11-15)12-14-8-4-1-2-5-9-14/h3,6-7,10-11,14,16-17H,1-2,4-5,8-9,12-13H2. The minimum absolute atomic E-state index is 0.152. The Labute approximate surface area is 105 Å². The Kier molecular flexibility index (Phi) is 5.06. The predicted octanol–water partition coefficient (Wildman–Crippen LogP) is 3.95. The third-order valence-corrected chi connectivity index (χ3v) is 3.89. The van der Waals surface area contributed by atoms with Gasteiger partial charge in [0.1, 0.15) is 0 Å². The molecule has 1 aromatic carbocycles. The van der Waals surface area contributed by atoms with E-state index in [9.17, 15) is 5.11 Å². The summed E-state index contributed by atoms with van der Waals surface area (Å²) in [6, 6.07) is 10.3. The maximum atomic E-state index is 10.1. The lowest BCUT2D eigenvalue weighted by Gasteiger charge is -2.18. The molecule has 17 heavy (non-hydrogen) atoms. The number of benzene rings is 1. The van der Waals surface area contributed by atoms with Crippen molar-refractivity contribution in [1.82, 2.24) is 0 Å². The second-order valence-electron chi connectivity index (χ2n) is 5.44. The zero-order valence-corrected chi connectivity index (χ0v) is 10.6. The maximum Gasteiger partial charge on any atom is 0.0583 e. The molecule has 2 rings (SSSR count). The third-order valence-electron chi connectivity index (χ3n) is 3.89. The van der Waals surface area contributed by atoms with E-state index in [4.69, 9.17) is 0 Å². The molecule has 1 heteroatoms. The van der Waals surface area contributed by atoms with Crippen LogP contribution >= 0.6 is 0 Å². The molecule has 0 heterocycles. The molecule has 1 aliphatic rings. The summed E-state index contributed by atoms with van der Waals surface area (Å²) >= 11 is 0. The zero-order valence-electron chi connectivity index (χ0n) is 10.6.